The summed E-state index contributed by atoms with van der Waals surface area (Å²) in [5.41, 5.74) is 0.920. The van der Waals surface area contributed by atoms with Crippen molar-refractivity contribution in [2.24, 2.45) is 0 Å². The van der Waals surface area contributed by atoms with E-state index in [4.69, 9.17) is 14.6 Å². The number of aliphatic carboxylic acids is 1. The molecule has 1 fully saturated rings. The molecule has 1 aromatic rings. The van der Waals surface area contributed by atoms with Crippen LogP contribution in [0, 0.1) is 0 Å². The third-order valence-corrected chi connectivity index (χ3v) is 3.30. The molecule has 0 bridgehead atoms. The van der Waals surface area contributed by atoms with Crippen molar-refractivity contribution in [1.82, 2.24) is 5.32 Å². The van der Waals surface area contributed by atoms with E-state index >= 15 is 0 Å². The number of benzene rings is 1. The van der Waals surface area contributed by atoms with Gasteiger partial charge in [0.25, 0.3) is 0 Å². The summed E-state index contributed by atoms with van der Waals surface area (Å²) in [6, 6.07) is 9.31. The van der Waals surface area contributed by atoms with Crippen molar-refractivity contribution in [1.29, 1.82) is 0 Å². The van der Waals surface area contributed by atoms with Gasteiger partial charge in [0.15, 0.2) is 0 Å². The van der Waals surface area contributed by atoms with Crippen molar-refractivity contribution < 1.29 is 24.2 Å². The molecule has 0 aliphatic carbocycles. The molecule has 2 unspecified atom stereocenters. The van der Waals surface area contributed by atoms with Gasteiger partial charge in [-0.05, 0) is 18.4 Å². The molecule has 1 aromatic carbocycles. The average molecular weight is 293 g/mol. The van der Waals surface area contributed by atoms with E-state index in [0.29, 0.717) is 19.4 Å². The smallest absolute Gasteiger partial charge is 0.407 e. The number of carbonyl (C=O) groups excluding carboxylic acids is 1. The summed E-state index contributed by atoms with van der Waals surface area (Å²) in [6.45, 7) is 0.663. The first-order valence-corrected chi connectivity index (χ1v) is 6.94. The molecule has 0 aromatic heterocycles. The van der Waals surface area contributed by atoms with Gasteiger partial charge in [0.05, 0.1) is 12.5 Å². The van der Waals surface area contributed by atoms with Gasteiger partial charge in [-0.25, -0.2) is 4.79 Å². The summed E-state index contributed by atoms with van der Waals surface area (Å²) in [5.74, 6) is -0.896. The number of nitrogens with one attached hydrogen (secondary N) is 1. The molecule has 21 heavy (non-hydrogen) atoms. The third kappa shape index (κ3) is 5.43. The van der Waals surface area contributed by atoms with Gasteiger partial charge in [-0.2, -0.15) is 0 Å². The van der Waals surface area contributed by atoms with Gasteiger partial charge in [0, 0.05) is 12.6 Å². The SMILES string of the molecule is O=C(O)CC1CC(NC(=O)OCc2ccccc2)CCO1. The maximum atomic E-state index is 11.7. The minimum Gasteiger partial charge on any atom is -0.481 e. The number of amides is 1. The highest BCUT2D eigenvalue weighted by atomic mass is 16.5. The van der Waals surface area contributed by atoms with Crippen LogP contribution in [0.4, 0.5) is 4.79 Å². The molecule has 0 spiro atoms. The highest BCUT2D eigenvalue weighted by molar-refractivity contribution is 5.68. The number of alkyl carbamates (subject to hydrolysis) is 1. The lowest BCUT2D eigenvalue weighted by molar-refractivity contribution is -0.141. The number of hydrogen-bond donors (Lipinski definition) is 2. The number of carbonyl (C=O) groups is 2. The standard InChI is InChI=1S/C15H19NO5/c17-14(18)9-13-8-12(6-7-20-13)16-15(19)21-10-11-4-2-1-3-5-11/h1-5,12-13H,6-10H2,(H,16,19)(H,17,18). The highest BCUT2D eigenvalue weighted by Gasteiger charge is 2.25. The number of hydrogen-bond acceptors (Lipinski definition) is 4. The molecule has 6 heteroatoms. The average Bonchev–Trinajstić information content (AvgIpc) is 2.46. The van der Waals surface area contributed by atoms with E-state index in [9.17, 15) is 9.59 Å². The Labute approximate surface area is 123 Å². The van der Waals surface area contributed by atoms with E-state index in [-0.39, 0.29) is 25.2 Å². The van der Waals surface area contributed by atoms with E-state index in [1.807, 2.05) is 30.3 Å². The maximum Gasteiger partial charge on any atom is 0.407 e. The largest absolute Gasteiger partial charge is 0.481 e. The summed E-state index contributed by atoms with van der Waals surface area (Å²) in [5, 5.41) is 11.5. The van der Waals surface area contributed by atoms with Gasteiger partial charge >= 0.3 is 12.1 Å². The van der Waals surface area contributed by atoms with Gasteiger partial charge < -0.3 is 19.9 Å². The van der Waals surface area contributed by atoms with Gasteiger partial charge in [0.1, 0.15) is 6.61 Å². The summed E-state index contributed by atoms with van der Waals surface area (Å²) in [4.78, 5) is 22.4. The lowest BCUT2D eigenvalue weighted by Gasteiger charge is -2.29. The molecule has 1 saturated heterocycles. The third-order valence-electron chi connectivity index (χ3n) is 3.30. The van der Waals surface area contributed by atoms with Crippen LogP contribution >= 0.6 is 0 Å². The monoisotopic (exact) mass is 293 g/mol. The summed E-state index contributed by atoms with van der Waals surface area (Å²) in [6.07, 6.45) is 0.274. The zero-order valence-electron chi connectivity index (χ0n) is 11.7. The Balaban J connectivity index is 1.73. The number of ether oxygens (including phenoxy) is 2. The zero-order chi connectivity index (χ0) is 15.1. The predicted molar refractivity (Wildman–Crippen MR) is 74.8 cm³/mol. The van der Waals surface area contributed by atoms with Crippen LogP contribution in [0.5, 0.6) is 0 Å². The molecule has 1 aliphatic heterocycles. The normalized spacial score (nSPS) is 21.5. The first-order valence-electron chi connectivity index (χ1n) is 6.94. The lowest BCUT2D eigenvalue weighted by atomic mass is 10.0. The fourth-order valence-electron chi connectivity index (χ4n) is 2.28. The van der Waals surface area contributed by atoms with Crippen LogP contribution in [0.2, 0.25) is 0 Å². The Morgan fingerprint density at radius 1 is 1.33 bits per heavy atom. The molecular formula is C15H19NO5. The van der Waals surface area contributed by atoms with Gasteiger partial charge in [-0.1, -0.05) is 30.3 Å². The Kier molecular flexibility index (Phi) is 5.57. The van der Waals surface area contributed by atoms with Crippen LogP contribution in [0.25, 0.3) is 0 Å². The molecule has 2 N–H and O–H groups in total. The first-order chi connectivity index (χ1) is 10.1. The quantitative estimate of drug-likeness (QED) is 0.866. The zero-order valence-corrected chi connectivity index (χ0v) is 11.7. The molecule has 2 atom stereocenters. The van der Waals surface area contributed by atoms with Crippen molar-refractivity contribution in [3.8, 4) is 0 Å². The molecule has 1 heterocycles. The van der Waals surface area contributed by atoms with Crippen molar-refractivity contribution in [2.45, 2.75) is 38.0 Å². The van der Waals surface area contributed by atoms with Crippen LogP contribution in [0.15, 0.2) is 30.3 Å². The fraction of sp³-hybridized carbons (Fsp3) is 0.467. The Morgan fingerprint density at radius 3 is 2.81 bits per heavy atom. The van der Waals surface area contributed by atoms with Gasteiger partial charge in [0.2, 0.25) is 0 Å². The summed E-state index contributed by atoms with van der Waals surface area (Å²) < 4.78 is 10.5. The molecule has 2 rings (SSSR count). The van der Waals surface area contributed by atoms with Gasteiger partial charge in [-0.15, -0.1) is 0 Å². The van der Waals surface area contributed by atoms with Gasteiger partial charge in [-0.3, -0.25) is 4.79 Å². The fourth-order valence-corrected chi connectivity index (χ4v) is 2.28. The van der Waals surface area contributed by atoms with E-state index in [1.54, 1.807) is 0 Å². The molecule has 0 radical (unpaired) electrons. The summed E-state index contributed by atoms with van der Waals surface area (Å²) >= 11 is 0. The molecule has 114 valence electrons. The topological polar surface area (TPSA) is 84.9 Å². The number of carboxylic acids is 1. The maximum absolute atomic E-state index is 11.7. The van der Waals surface area contributed by atoms with Crippen LogP contribution in [0.3, 0.4) is 0 Å². The Morgan fingerprint density at radius 2 is 2.10 bits per heavy atom. The Bertz CT molecular complexity index is 476. The molecule has 1 aliphatic rings. The van der Waals surface area contributed by atoms with Crippen LogP contribution in [0.1, 0.15) is 24.8 Å². The molecule has 6 nitrogen and oxygen atoms in total. The first kappa shape index (κ1) is 15.3. The van der Waals surface area contributed by atoms with Crippen molar-refractivity contribution in [2.75, 3.05) is 6.61 Å². The van der Waals surface area contributed by atoms with Crippen molar-refractivity contribution >= 4 is 12.1 Å². The van der Waals surface area contributed by atoms with Crippen molar-refractivity contribution in [3.63, 3.8) is 0 Å². The second-order valence-corrected chi connectivity index (χ2v) is 5.02. The Hall–Kier alpha value is -2.08. The van der Waals surface area contributed by atoms with E-state index in [2.05, 4.69) is 5.32 Å². The summed E-state index contributed by atoms with van der Waals surface area (Å²) in [7, 11) is 0. The number of carboxylic acid groups (broad SMARTS) is 1. The van der Waals surface area contributed by atoms with E-state index in [0.717, 1.165) is 5.56 Å². The van der Waals surface area contributed by atoms with Crippen molar-refractivity contribution in [3.05, 3.63) is 35.9 Å². The second-order valence-electron chi connectivity index (χ2n) is 5.02. The molecular weight excluding hydrogens is 274 g/mol. The lowest BCUT2D eigenvalue weighted by Crippen LogP contribution is -2.42. The minimum absolute atomic E-state index is 0.0444. The number of rotatable bonds is 5. The van der Waals surface area contributed by atoms with E-state index in [1.165, 1.54) is 0 Å². The highest BCUT2D eigenvalue weighted by Crippen LogP contribution is 2.16. The molecule has 0 saturated carbocycles. The minimum atomic E-state index is -0.896. The van der Waals surface area contributed by atoms with Crippen LogP contribution in [-0.2, 0) is 20.9 Å². The molecule has 1 amide bonds. The predicted octanol–water partition coefficient (Wildman–Crippen LogP) is 1.94. The van der Waals surface area contributed by atoms with E-state index < -0.39 is 12.1 Å². The van der Waals surface area contributed by atoms with Crippen LogP contribution in [-0.4, -0.2) is 35.9 Å². The van der Waals surface area contributed by atoms with Crippen LogP contribution < -0.4 is 5.32 Å². The second kappa shape index (κ2) is 7.64.